The van der Waals surface area contributed by atoms with Crippen LogP contribution in [0.2, 0.25) is 0 Å². The van der Waals surface area contributed by atoms with E-state index in [0.29, 0.717) is 6.04 Å². The second kappa shape index (κ2) is 6.50. The third-order valence-electron chi connectivity index (χ3n) is 5.48. The number of oxime groups is 1. The zero-order valence-electron chi connectivity index (χ0n) is 15.2. The average Bonchev–Trinajstić information content (AvgIpc) is 3.28. The summed E-state index contributed by atoms with van der Waals surface area (Å²) < 4.78 is 2.24. The second-order valence-corrected chi connectivity index (χ2v) is 8.11. The molecule has 0 amide bonds. The molecule has 0 spiro atoms. The molecule has 1 unspecified atom stereocenters. The lowest BCUT2D eigenvalue weighted by Crippen LogP contribution is -2.30. The maximum atomic E-state index is 4.89. The number of hydrogen-bond donors (Lipinski definition) is 0. The number of thiophene rings is 1. The Labute approximate surface area is 162 Å². The van der Waals surface area contributed by atoms with Crippen LogP contribution >= 0.6 is 11.3 Å². The van der Waals surface area contributed by atoms with E-state index in [1.54, 1.807) is 13.3 Å². The van der Waals surface area contributed by atoms with Crippen molar-refractivity contribution in [3.63, 3.8) is 0 Å². The molecule has 1 atom stereocenters. The van der Waals surface area contributed by atoms with Crippen LogP contribution < -0.4 is 0 Å². The lowest BCUT2D eigenvalue weighted by Gasteiger charge is -2.33. The maximum absolute atomic E-state index is 4.89. The zero-order chi connectivity index (χ0) is 18.3. The van der Waals surface area contributed by atoms with Gasteiger partial charge in [-0.2, -0.15) is 5.10 Å². The van der Waals surface area contributed by atoms with Gasteiger partial charge in [-0.25, -0.2) is 0 Å². The van der Waals surface area contributed by atoms with Crippen LogP contribution in [0.5, 0.6) is 0 Å². The van der Waals surface area contributed by atoms with Crippen molar-refractivity contribution in [3.8, 4) is 0 Å². The highest BCUT2D eigenvalue weighted by atomic mass is 32.1. The molecule has 0 radical (unpaired) electrons. The molecule has 1 aromatic carbocycles. The summed E-state index contributed by atoms with van der Waals surface area (Å²) in [6.45, 7) is 0. The summed E-state index contributed by atoms with van der Waals surface area (Å²) in [7, 11) is 1.56. The standard InChI is InChI=1S/C22H21N3OS/c1-26-23-15-19-18-11-12-22(21-8-5-13-27-21,16-6-3-2-4-7-16)14-20(18)25(24-19)17-9-10-17/h2-8,11-13,15,17H,9-10,14H2,1H3. The number of nitrogens with zero attached hydrogens (tertiary/aromatic N) is 3. The molecular weight excluding hydrogens is 354 g/mol. The second-order valence-electron chi connectivity index (χ2n) is 7.16. The van der Waals surface area contributed by atoms with Crippen molar-refractivity contribution in [1.29, 1.82) is 0 Å². The van der Waals surface area contributed by atoms with Crippen molar-refractivity contribution < 1.29 is 4.84 Å². The number of fused-ring (bicyclic) bond motifs is 1. The van der Waals surface area contributed by atoms with Gasteiger partial charge in [0.25, 0.3) is 0 Å². The number of rotatable bonds is 5. The van der Waals surface area contributed by atoms with E-state index < -0.39 is 0 Å². The van der Waals surface area contributed by atoms with Crippen molar-refractivity contribution in [3.05, 3.63) is 81.3 Å². The molecule has 1 fully saturated rings. The van der Waals surface area contributed by atoms with E-state index in [4.69, 9.17) is 9.94 Å². The van der Waals surface area contributed by atoms with Crippen LogP contribution in [0.15, 0.2) is 59.1 Å². The molecule has 5 rings (SSSR count). The Morgan fingerprint density at radius 2 is 2.07 bits per heavy atom. The minimum atomic E-state index is -0.148. The van der Waals surface area contributed by atoms with Crippen LogP contribution in [0.1, 0.15) is 46.3 Å². The molecule has 2 aromatic heterocycles. The van der Waals surface area contributed by atoms with Gasteiger partial charge >= 0.3 is 0 Å². The Hall–Kier alpha value is -2.66. The zero-order valence-corrected chi connectivity index (χ0v) is 16.0. The van der Waals surface area contributed by atoms with Gasteiger partial charge in [-0.3, -0.25) is 4.68 Å². The van der Waals surface area contributed by atoms with Crippen molar-refractivity contribution >= 4 is 23.6 Å². The van der Waals surface area contributed by atoms with Crippen LogP contribution in [-0.2, 0) is 16.7 Å². The van der Waals surface area contributed by atoms with Crippen molar-refractivity contribution in [1.82, 2.24) is 9.78 Å². The number of allylic oxidation sites excluding steroid dienone is 1. The third-order valence-corrected chi connectivity index (χ3v) is 6.53. The first kappa shape index (κ1) is 16.5. The molecule has 0 N–H and O–H groups in total. The van der Waals surface area contributed by atoms with E-state index in [9.17, 15) is 0 Å². The van der Waals surface area contributed by atoms with Gasteiger partial charge in [-0.1, -0.05) is 53.7 Å². The first-order valence-electron chi connectivity index (χ1n) is 9.28. The minimum absolute atomic E-state index is 0.148. The molecule has 3 aromatic rings. The molecule has 2 heterocycles. The van der Waals surface area contributed by atoms with Gasteiger partial charge in [0.1, 0.15) is 12.8 Å². The summed E-state index contributed by atoms with van der Waals surface area (Å²) in [6, 6.07) is 15.7. The summed E-state index contributed by atoms with van der Waals surface area (Å²) in [5.41, 5.74) is 4.54. The highest BCUT2D eigenvalue weighted by Gasteiger charge is 2.40. The fourth-order valence-corrected chi connectivity index (χ4v) is 4.93. The Kier molecular flexibility index (Phi) is 3.97. The van der Waals surface area contributed by atoms with E-state index in [1.165, 1.54) is 34.5 Å². The summed E-state index contributed by atoms with van der Waals surface area (Å²) in [6.07, 6.45) is 9.62. The first-order valence-corrected chi connectivity index (χ1v) is 10.2. The summed E-state index contributed by atoms with van der Waals surface area (Å²) in [5.74, 6) is 0. The minimum Gasteiger partial charge on any atom is -0.399 e. The number of aromatic nitrogens is 2. The smallest absolute Gasteiger partial charge is 0.114 e. The van der Waals surface area contributed by atoms with E-state index in [-0.39, 0.29) is 5.41 Å². The van der Waals surface area contributed by atoms with Crippen molar-refractivity contribution in [2.24, 2.45) is 5.16 Å². The largest absolute Gasteiger partial charge is 0.399 e. The van der Waals surface area contributed by atoms with Crippen molar-refractivity contribution in [2.45, 2.75) is 30.7 Å². The molecule has 0 saturated heterocycles. The summed E-state index contributed by atoms with van der Waals surface area (Å²) >= 11 is 1.82. The van der Waals surface area contributed by atoms with Gasteiger partial charge in [0, 0.05) is 22.6 Å². The first-order chi connectivity index (χ1) is 13.3. The van der Waals surface area contributed by atoms with Crippen LogP contribution in [0.3, 0.4) is 0 Å². The number of benzene rings is 1. The van der Waals surface area contributed by atoms with E-state index in [1.807, 2.05) is 11.3 Å². The Balaban J connectivity index is 1.68. The van der Waals surface area contributed by atoms with Gasteiger partial charge in [-0.05, 0) is 29.9 Å². The van der Waals surface area contributed by atoms with E-state index in [0.717, 1.165) is 12.1 Å². The average molecular weight is 375 g/mol. The van der Waals surface area contributed by atoms with E-state index in [2.05, 4.69) is 69.8 Å². The van der Waals surface area contributed by atoms with Crippen LogP contribution in [-0.4, -0.2) is 23.1 Å². The Morgan fingerprint density at radius 1 is 1.22 bits per heavy atom. The van der Waals surface area contributed by atoms with Crippen LogP contribution in [0.25, 0.3) is 6.08 Å². The number of hydrogen-bond acceptors (Lipinski definition) is 4. The third kappa shape index (κ3) is 2.73. The summed E-state index contributed by atoms with van der Waals surface area (Å²) in [5, 5.41) is 11.0. The van der Waals surface area contributed by atoms with Crippen LogP contribution in [0.4, 0.5) is 0 Å². The lowest BCUT2D eigenvalue weighted by atomic mass is 9.72. The van der Waals surface area contributed by atoms with Gasteiger partial charge in [0.2, 0.25) is 0 Å². The van der Waals surface area contributed by atoms with Gasteiger partial charge in [-0.15, -0.1) is 11.3 Å². The molecule has 0 bridgehead atoms. The van der Waals surface area contributed by atoms with Gasteiger partial charge in [0.05, 0.1) is 17.7 Å². The molecule has 0 aliphatic heterocycles. The molecule has 27 heavy (non-hydrogen) atoms. The fourth-order valence-electron chi connectivity index (χ4n) is 4.00. The van der Waals surface area contributed by atoms with Gasteiger partial charge in [0.15, 0.2) is 0 Å². The van der Waals surface area contributed by atoms with Crippen LogP contribution in [0, 0.1) is 0 Å². The molecule has 2 aliphatic rings. The predicted molar refractivity (Wildman–Crippen MR) is 109 cm³/mol. The van der Waals surface area contributed by atoms with E-state index >= 15 is 0 Å². The SMILES string of the molecule is CON=Cc1nn(C2CC2)c2c1C=CC(c1ccccc1)(c1cccs1)C2. The molecular formula is C22H21N3OS. The highest BCUT2D eigenvalue weighted by Crippen LogP contribution is 2.46. The topological polar surface area (TPSA) is 39.4 Å². The monoisotopic (exact) mass is 375 g/mol. The molecule has 4 nitrogen and oxygen atoms in total. The molecule has 5 heteroatoms. The Morgan fingerprint density at radius 3 is 2.78 bits per heavy atom. The fraction of sp³-hybridized carbons (Fsp3) is 0.273. The highest BCUT2D eigenvalue weighted by molar-refractivity contribution is 7.10. The van der Waals surface area contributed by atoms with Crippen molar-refractivity contribution in [2.75, 3.05) is 7.11 Å². The predicted octanol–water partition coefficient (Wildman–Crippen LogP) is 4.82. The normalized spacial score (nSPS) is 21.5. The van der Waals surface area contributed by atoms with Gasteiger partial charge < -0.3 is 4.84 Å². The molecule has 1 saturated carbocycles. The maximum Gasteiger partial charge on any atom is 0.114 e. The Bertz CT molecular complexity index is 1000. The quantitative estimate of drug-likeness (QED) is 0.474. The molecule has 136 valence electrons. The lowest BCUT2D eigenvalue weighted by molar-refractivity contribution is 0.215. The molecule has 2 aliphatic carbocycles. The summed E-state index contributed by atoms with van der Waals surface area (Å²) in [4.78, 5) is 6.26.